The molecule has 0 atom stereocenters. The Bertz CT molecular complexity index is 611. The maximum absolute atomic E-state index is 12.7. The highest BCUT2D eigenvalue weighted by Crippen LogP contribution is 2.35. The van der Waals surface area contributed by atoms with Crippen LogP contribution < -0.4 is 14.2 Å². The quantitative estimate of drug-likeness (QED) is 0.126. The Morgan fingerprint density at radius 3 is 1.68 bits per heavy atom. The van der Waals surface area contributed by atoms with E-state index in [4.69, 9.17) is 14.2 Å². The summed E-state index contributed by atoms with van der Waals surface area (Å²) in [7, 11) is 4.71. The van der Waals surface area contributed by atoms with Crippen LogP contribution >= 0.6 is 0 Å². The van der Waals surface area contributed by atoms with E-state index in [1.807, 2.05) is 0 Å². The van der Waals surface area contributed by atoms with Crippen molar-refractivity contribution in [2.75, 3.05) is 21.3 Å². The van der Waals surface area contributed by atoms with Gasteiger partial charge < -0.3 is 14.2 Å². The molecule has 0 aliphatic heterocycles. The second-order valence-electron chi connectivity index (χ2n) is 8.16. The molecule has 0 aliphatic carbocycles. The van der Waals surface area contributed by atoms with Crippen molar-refractivity contribution < 1.29 is 19.0 Å². The molecule has 0 saturated carbocycles. The molecule has 0 amide bonds. The second kappa shape index (κ2) is 17.7. The fourth-order valence-electron chi connectivity index (χ4n) is 3.76. The van der Waals surface area contributed by atoms with Gasteiger partial charge in [0, 0.05) is 18.6 Å². The fourth-order valence-corrected chi connectivity index (χ4v) is 3.76. The number of carbonyl (C=O) groups is 1. The van der Waals surface area contributed by atoms with Crippen LogP contribution in [0.1, 0.15) is 107 Å². The molecule has 1 aromatic rings. The van der Waals surface area contributed by atoms with Crippen molar-refractivity contribution in [2.45, 2.75) is 96.8 Å². The van der Waals surface area contributed by atoms with E-state index in [1.54, 1.807) is 33.5 Å². The summed E-state index contributed by atoms with van der Waals surface area (Å²) in [6, 6.07) is 3.46. The largest absolute Gasteiger partial charge is 0.496 e. The molecule has 0 bridgehead atoms. The Hall–Kier alpha value is -1.97. The predicted octanol–water partition coefficient (Wildman–Crippen LogP) is 7.93. The zero-order valence-electron chi connectivity index (χ0n) is 20.3. The summed E-state index contributed by atoms with van der Waals surface area (Å²) >= 11 is 0. The number of hydrogen-bond donors (Lipinski definition) is 0. The van der Waals surface area contributed by atoms with E-state index in [9.17, 15) is 4.79 Å². The summed E-state index contributed by atoms with van der Waals surface area (Å²) in [5.41, 5.74) is 0.515. The van der Waals surface area contributed by atoms with Gasteiger partial charge in [0.05, 0.1) is 21.3 Å². The third kappa shape index (κ3) is 11.3. The first-order valence-electron chi connectivity index (χ1n) is 12.2. The topological polar surface area (TPSA) is 44.8 Å². The summed E-state index contributed by atoms with van der Waals surface area (Å²) < 4.78 is 16.0. The summed E-state index contributed by atoms with van der Waals surface area (Å²) in [6.45, 7) is 2.26. The molecule has 4 nitrogen and oxygen atoms in total. The number of Topliss-reactive ketones (excluding diaryl/α,β-unsaturated/α-hetero) is 1. The molecule has 0 aliphatic rings. The number of methoxy groups -OCH3 is 3. The lowest BCUT2D eigenvalue weighted by molar-refractivity contribution is 0.0973. The van der Waals surface area contributed by atoms with Crippen molar-refractivity contribution in [3.8, 4) is 17.2 Å². The summed E-state index contributed by atoms with van der Waals surface area (Å²) in [5.74, 6) is 1.70. The molecule has 0 aromatic heterocycles. The minimum absolute atomic E-state index is 0.0639. The van der Waals surface area contributed by atoms with Crippen LogP contribution in [0, 0.1) is 0 Å². The van der Waals surface area contributed by atoms with Gasteiger partial charge >= 0.3 is 0 Å². The van der Waals surface area contributed by atoms with E-state index in [0.717, 1.165) is 12.8 Å². The van der Waals surface area contributed by atoms with Gasteiger partial charge in [0.1, 0.15) is 22.8 Å². The maximum atomic E-state index is 12.7. The molecule has 1 rings (SSSR count). The van der Waals surface area contributed by atoms with Gasteiger partial charge in [0.15, 0.2) is 5.78 Å². The standard InChI is InChI=1S/C27H44O4/c1-5-6-7-8-9-10-11-12-13-14-15-16-17-18-19-20-24(28)27-25(30-3)21-23(29-2)22-26(27)31-4/h12-13,21-22H,5-11,14-20H2,1-4H3/b13-12-. The van der Waals surface area contributed by atoms with Crippen molar-refractivity contribution in [2.24, 2.45) is 0 Å². The van der Waals surface area contributed by atoms with E-state index < -0.39 is 0 Å². The Labute approximate surface area is 190 Å². The number of hydrogen-bond acceptors (Lipinski definition) is 4. The first kappa shape index (κ1) is 27.1. The highest BCUT2D eigenvalue weighted by Gasteiger charge is 2.19. The second-order valence-corrected chi connectivity index (χ2v) is 8.16. The lowest BCUT2D eigenvalue weighted by Crippen LogP contribution is -2.06. The van der Waals surface area contributed by atoms with Gasteiger partial charge in [-0.2, -0.15) is 0 Å². The Morgan fingerprint density at radius 2 is 1.19 bits per heavy atom. The fraction of sp³-hybridized carbons (Fsp3) is 0.667. The molecule has 0 heterocycles. The van der Waals surface area contributed by atoms with E-state index in [1.165, 1.54) is 70.6 Å². The van der Waals surface area contributed by atoms with Crippen LogP contribution in [0.4, 0.5) is 0 Å². The molecule has 0 N–H and O–H groups in total. The van der Waals surface area contributed by atoms with E-state index in [-0.39, 0.29) is 5.78 Å². The van der Waals surface area contributed by atoms with Gasteiger partial charge in [-0.3, -0.25) is 4.79 Å². The van der Waals surface area contributed by atoms with Gasteiger partial charge in [-0.05, 0) is 32.1 Å². The molecule has 31 heavy (non-hydrogen) atoms. The summed E-state index contributed by atoms with van der Waals surface area (Å²) in [4.78, 5) is 12.7. The Morgan fingerprint density at radius 1 is 0.710 bits per heavy atom. The third-order valence-corrected chi connectivity index (χ3v) is 5.66. The van der Waals surface area contributed by atoms with Crippen LogP contribution in [0.25, 0.3) is 0 Å². The monoisotopic (exact) mass is 432 g/mol. The first-order chi connectivity index (χ1) is 15.2. The van der Waals surface area contributed by atoms with Crippen molar-refractivity contribution in [1.29, 1.82) is 0 Å². The zero-order valence-corrected chi connectivity index (χ0v) is 20.3. The number of unbranched alkanes of at least 4 members (excludes halogenated alkanes) is 11. The van der Waals surface area contributed by atoms with Crippen molar-refractivity contribution in [1.82, 2.24) is 0 Å². The predicted molar refractivity (Wildman–Crippen MR) is 130 cm³/mol. The maximum Gasteiger partial charge on any atom is 0.170 e. The average molecular weight is 433 g/mol. The summed E-state index contributed by atoms with van der Waals surface area (Å²) in [5, 5.41) is 0. The van der Waals surface area contributed by atoms with Crippen LogP contribution in [-0.4, -0.2) is 27.1 Å². The number of ether oxygens (including phenoxy) is 3. The minimum Gasteiger partial charge on any atom is -0.496 e. The van der Waals surface area contributed by atoms with Crippen LogP contribution in [0.3, 0.4) is 0 Å². The normalized spacial score (nSPS) is 11.1. The van der Waals surface area contributed by atoms with Gasteiger partial charge in [-0.25, -0.2) is 0 Å². The van der Waals surface area contributed by atoms with Crippen molar-refractivity contribution >= 4 is 5.78 Å². The average Bonchev–Trinajstić information content (AvgIpc) is 2.80. The summed E-state index contributed by atoms with van der Waals surface area (Å²) in [6.07, 6.45) is 21.4. The molecular weight excluding hydrogens is 388 g/mol. The smallest absolute Gasteiger partial charge is 0.170 e. The molecule has 0 unspecified atom stereocenters. The highest BCUT2D eigenvalue weighted by atomic mass is 16.5. The number of benzene rings is 1. The van der Waals surface area contributed by atoms with Gasteiger partial charge in [-0.1, -0.05) is 70.4 Å². The highest BCUT2D eigenvalue weighted by molar-refractivity contribution is 6.01. The van der Waals surface area contributed by atoms with Crippen LogP contribution in [0.15, 0.2) is 24.3 Å². The van der Waals surface area contributed by atoms with Gasteiger partial charge in [-0.15, -0.1) is 0 Å². The van der Waals surface area contributed by atoms with Crippen LogP contribution in [0.5, 0.6) is 17.2 Å². The van der Waals surface area contributed by atoms with Gasteiger partial charge in [0.2, 0.25) is 0 Å². The third-order valence-electron chi connectivity index (χ3n) is 5.66. The zero-order chi connectivity index (χ0) is 22.7. The molecule has 4 heteroatoms. The minimum atomic E-state index is 0.0639. The lowest BCUT2D eigenvalue weighted by Gasteiger charge is -2.14. The molecule has 0 fully saturated rings. The number of rotatable bonds is 19. The molecule has 0 radical (unpaired) electrons. The van der Waals surface area contributed by atoms with Crippen LogP contribution in [0.2, 0.25) is 0 Å². The molecule has 176 valence electrons. The molecule has 0 spiro atoms. The SMILES string of the molecule is CCCCCCCC/C=C\CCCCCCCC(=O)c1c(OC)cc(OC)cc1OC. The van der Waals surface area contributed by atoms with Crippen molar-refractivity contribution in [3.63, 3.8) is 0 Å². The van der Waals surface area contributed by atoms with Crippen LogP contribution in [-0.2, 0) is 0 Å². The van der Waals surface area contributed by atoms with E-state index in [2.05, 4.69) is 19.1 Å². The molecule has 0 saturated heterocycles. The number of ketones is 1. The lowest BCUT2D eigenvalue weighted by atomic mass is 10.0. The Kier molecular flexibility index (Phi) is 15.4. The molecular formula is C27H44O4. The van der Waals surface area contributed by atoms with E-state index in [0.29, 0.717) is 29.2 Å². The van der Waals surface area contributed by atoms with Gasteiger partial charge in [0.25, 0.3) is 0 Å². The number of allylic oxidation sites excluding steroid dienone is 2. The number of carbonyl (C=O) groups excluding carboxylic acids is 1. The van der Waals surface area contributed by atoms with Crippen molar-refractivity contribution in [3.05, 3.63) is 29.8 Å². The van der Waals surface area contributed by atoms with E-state index >= 15 is 0 Å². The first-order valence-corrected chi connectivity index (χ1v) is 12.2. The Balaban J connectivity index is 2.17. The molecule has 1 aromatic carbocycles.